The second kappa shape index (κ2) is 5.88. The number of likely N-dealkylation sites (tertiary alicyclic amines) is 1. The van der Waals surface area contributed by atoms with Gasteiger partial charge in [0.2, 0.25) is 0 Å². The molecule has 106 valence electrons. The summed E-state index contributed by atoms with van der Waals surface area (Å²) in [5, 5.41) is 8.54. The Kier molecular flexibility index (Phi) is 3.98. The first kappa shape index (κ1) is 12.9. The van der Waals surface area contributed by atoms with Crippen LogP contribution in [0.4, 0.5) is 5.82 Å². The summed E-state index contributed by atoms with van der Waals surface area (Å²) in [6.45, 7) is 9.14. The topological polar surface area (TPSA) is 46.4 Å². The molecule has 2 aliphatic rings. The van der Waals surface area contributed by atoms with Crippen LogP contribution in [0.2, 0.25) is 0 Å². The van der Waals surface area contributed by atoms with E-state index in [0.29, 0.717) is 6.04 Å². The summed E-state index contributed by atoms with van der Waals surface area (Å²) in [6, 6.07) is 0.387. The highest BCUT2D eigenvalue weighted by Gasteiger charge is 2.21. The van der Waals surface area contributed by atoms with Crippen LogP contribution in [0.15, 0.2) is 6.20 Å². The predicted octanol–water partition coefficient (Wildman–Crippen LogP) is 0.599. The van der Waals surface area contributed by atoms with E-state index in [1.54, 1.807) is 0 Å². The van der Waals surface area contributed by atoms with Crippen molar-refractivity contribution < 1.29 is 4.74 Å². The van der Waals surface area contributed by atoms with Crippen molar-refractivity contribution in [2.75, 3.05) is 44.3 Å². The van der Waals surface area contributed by atoms with Crippen LogP contribution in [0.3, 0.4) is 0 Å². The third-order valence-electron chi connectivity index (χ3n) is 4.03. The van der Waals surface area contributed by atoms with Crippen LogP contribution < -0.4 is 4.90 Å². The van der Waals surface area contributed by atoms with Crippen molar-refractivity contribution >= 4 is 5.82 Å². The predicted molar refractivity (Wildman–Crippen MR) is 73.3 cm³/mol. The fourth-order valence-electron chi connectivity index (χ4n) is 2.85. The second-order valence-corrected chi connectivity index (χ2v) is 5.51. The SMILES string of the molecule is CC1COCCN1c1cn(CCN2CCCC2)nn1. The minimum atomic E-state index is 0.387. The highest BCUT2D eigenvalue weighted by atomic mass is 16.5. The summed E-state index contributed by atoms with van der Waals surface area (Å²) >= 11 is 0. The molecule has 2 aliphatic heterocycles. The van der Waals surface area contributed by atoms with Crippen molar-refractivity contribution in [1.82, 2.24) is 19.9 Å². The van der Waals surface area contributed by atoms with E-state index in [1.807, 2.05) is 4.68 Å². The maximum atomic E-state index is 5.45. The van der Waals surface area contributed by atoms with E-state index in [4.69, 9.17) is 4.74 Å². The van der Waals surface area contributed by atoms with Gasteiger partial charge in [0.1, 0.15) is 0 Å². The molecule has 0 radical (unpaired) electrons. The average molecular weight is 265 g/mol. The van der Waals surface area contributed by atoms with Crippen molar-refractivity contribution in [3.8, 4) is 0 Å². The van der Waals surface area contributed by atoms with Crippen LogP contribution >= 0.6 is 0 Å². The summed E-state index contributed by atoms with van der Waals surface area (Å²) in [7, 11) is 0. The van der Waals surface area contributed by atoms with Gasteiger partial charge < -0.3 is 14.5 Å². The molecule has 0 amide bonds. The molecule has 0 aliphatic carbocycles. The van der Waals surface area contributed by atoms with Gasteiger partial charge in [0.15, 0.2) is 5.82 Å². The minimum absolute atomic E-state index is 0.387. The van der Waals surface area contributed by atoms with Crippen LogP contribution in [0, 0.1) is 0 Å². The zero-order valence-corrected chi connectivity index (χ0v) is 11.7. The van der Waals surface area contributed by atoms with Gasteiger partial charge in [-0.1, -0.05) is 5.21 Å². The Bertz CT molecular complexity index is 401. The number of rotatable bonds is 4. The fraction of sp³-hybridized carbons (Fsp3) is 0.846. The Balaban J connectivity index is 1.56. The molecule has 6 heteroatoms. The van der Waals surface area contributed by atoms with E-state index in [0.717, 1.165) is 38.7 Å². The molecule has 2 fully saturated rings. The fourth-order valence-corrected chi connectivity index (χ4v) is 2.85. The zero-order chi connectivity index (χ0) is 13.1. The van der Waals surface area contributed by atoms with Crippen LogP contribution in [-0.2, 0) is 11.3 Å². The Morgan fingerprint density at radius 2 is 2.11 bits per heavy atom. The lowest BCUT2D eigenvalue weighted by Gasteiger charge is -2.32. The first-order chi connectivity index (χ1) is 9.33. The number of nitrogens with zero attached hydrogens (tertiary/aromatic N) is 5. The minimum Gasteiger partial charge on any atom is -0.377 e. The van der Waals surface area contributed by atoms with Gasteiger partial charge in [0.05, 0.1) is 32.0 Å². The molecule has 0 aromatic carbocycles. The van der Waals surface area contributed by atoms with Crippen molar-refractivity contribution in [3.63, 3.8) is 0 Å². The van der Waals surface area contributed by atoms with Crippen molar-refractivity contribution in [1.29, 1.82) is 0 Å². The van der Waals surface area contributed by atoms with Gasteiger partial charge in [-0.2, -0.15) is 0 Å². The molecule has 3 heterocycles. The number of anilines is 1. The Labute approximate surface area is 114 Å². The van der Waals surface area contributed by atoms with E-state index in [2.05, 4.69) is 33.2 Å². The van der Waals surface area contributed by atoms with Crippen molar-refractivity contribution in [3.05, 3.63) is 6.20 Å². The summed E-state index contributed by atoms with van der Waals surface area (Å²) < 4.78 is 7.42. The Hall–Kier alpha value is -1.14. The standard InChI is InChI=1S/C13H23N5O/c1-12-11-19-9-8-18(12)13-10-17(15-14-13)7-6-16-4-2-3-5-16/h10,12H,2-9,11H2,1H3. The molecule has 2 saturated heterocycles. The smallest absolute Gasteiger partial charge is 0.171 e. The molecule has 1 aromatic rings. The summed E-state index contributed by atoms with van der Waals surface area (Å²) in [5.41, 5.74) is 0. The van der Waals surface area contributed by atoms with Crippen LogP contribution in [0.5, 0.6) is 0 Å². The number of hydrogen-bond donors (Lipinski definition) is 0. The molecule has 1 unspecified atom stereocenters. The van der Waals surface area contributed by atoms with E-state index >= 15 is 0 Å². The largest absolute Gasteiger partial charge is 0.377 e. The summed E-state index contributed by atoms with van der Waals surface area (Å²) in [6.07, 6.45) is 4.75. The average Bonchev–Trinajstić information content (AvgIpc) is 3.08. The Morgan fingerprint density at radius 3 is 2.89 bits per heavy atom. The van der Waals surface area contributed by atoms with Gasteiger partial charge in [-0.05, 0) is 32.9 Å². The summed E-state index contributed by atoms with van der Waals surface area (Å²) in [5.74, 6) is 0.984. The second-order valence-electron chi connectivity index (χ2n) is 5.51. The maximum Gasteiger partial charge on any atom is 0.171 e. The van der Waals surface area contributed by atoms with Gasteiger partial charge in [0.25, 0.3) is 0 Å². The molecule has 0 spiro atoms. The molecule has 3 rings (SSSR count). The first-order valence-electron chi connectivity index (χ1n) is 7.30. The highest BCUT2D eigenvalue weighted by Crippen LogP contribution is 2.16. The van der Waals surface area contributed by atoms with Gasteiger partial charge >= 0.3 is 0 Å². The zero-order valence-electron chi connectivity index (χ0n) is 11.7. The Morgan fingerprint density at radius 1 is 1.26 bits per heavy atom. The molecular weight excluding hydrogens is 242 g/mol. The molecular formula is C13H23N5O. The van der Waals surface area contributed by atoms with Crippen LogP contribution in [0.1, 0.15) is 19.8 Å². The molecule has 19 heavy (non-hydrogen) atoms. The maximum absolute atomic E-state index is 5.45. The third-order valence-corrected chi connectivity index (χ3v) is 4.03. The molecule has 6 nitrogen and oxygen atoms in total. The number of hydrogen-bond acceptors (Lipinski definition) is 5. The highest BCUT2D eigenvalue weighted by molar-refractivity contribution is 5.36. The molecule has 1 aromatic heterocycles. The number of aromatic nitrogens is 3. The van der Waals surface area contributed by atoms with Crippen molar-refractivity contribution in [2.45, 2.75) is 32.4 Å². The van der Waals surface area contributed by atoms with Gasteiger partial charge in [0, 0.05) is 13.1 Å². The monoisotopic (exact) mass is 265 g/mol. The van der Waals surface area contributed by atoms with Gasteiger partial charge in [-0.3, -0.25) is 0 Å². The lowest BCUT2D eigenvalue weighted by atomic mass is 10.2. The first-order valence-corrected chi connectivity index (χ1v) is 7.30. The van der Waals surface area contributed by atoms with E-state index < -0.39 is 0 Å². The molecule has 0 saturated carbocycles. The van der Waals surface area contributed by atoms with Gasteiger partial charge in [-0.25, -0.2) is 4.68 Å². The van der Waals surface area contributed by atoms with Crippen LogP contribution in [0.25, 0.3) is 0 Å². The third kappa shape index (κ3) is 3.06. The lowest BCUT2D eigenvalue weighted by Crippen LogP contribution is -2.43. The summed E-state index contributed by atoms with van der Waals surface area (Å²) in [4.78, 5) is 4.78. The normalized spacial score (nSPS) is 25.1. The van der Waals surface area contributed by atoms with E-state index in [1.165, 1.54) is 25.9 Å². The molecule has 1 atom stereocenters. The molecule has 0 bridgehead atoms. The van der Waals surface area contributed by atoms with Crippen LogP contribution in [-0.4, -0.2) is 65.3 Å². The lowest BCUT2D eigenvalue weighted by molar-refractivity contribution is 0.0985. The number of morpholine rings is 1. The van der Waals surface area contributed by atoms with E-state index in [9.17, 15) is 0 Å². The number of ether oxygens (including phenoxy) is 1. The van der Waals surface area contributed by atoms with E-state index in [-0.39, 0.29) is 0 Å². The van der Waals surface area contributed by atoms with Crippen molar-refractivity contribution in [2.24, 2.45) is 0 Å². The van der Waals surface area contributed by atoms with Gasteiger partial charge in [-0.15, -0.1) is 5.10 Å². The molecule has 0 N–H and O–H groups in total. The quantitative estimate of drug-likeness (QED) is 0.798.